The number of hydrogen-bond donors (Lipinski definition) is 1. The summed E-state index contributed by atoms with van der Waals surface area (Å²) in [5.74, 6) is 0.556. The Morgan fingerprint density at radius 2 is 1.70 bits per heavy atom. The number of hydrogen-bond acceptors (Lipinski definition) is 6. The highest BCUT2D eigenvalue weighted by molar-refractivity contribution is 6.30. The number of benzene rings is 2. The molecule has 0 bridgehead atoms. The van der Waals surface area contributed by atoms with Crippen molar-refractivity contribution in [3.63, 3.8) is 0 Å². The van der Waals surface area contributed by atoms with Crippen molar-refractivity contribution >= 4 is 39.8 Å². The summed E-state index contributed by atoms with van der Waals surface area (Å²) in [6, 6.07) is 19.5. The Morgan fingerprint density at radius 1 is 0.909 bits per heavy atom. The van der Waals surface area contributed by atoms with Gasteiger partial charge in [-0.05, 0) is 29.8 Å². The van der Waals surface area contributed by atoms with Crippen molar-refractivity contribution in [2.75, 3.05) is 36.0 Å². The van der Waals surface area contributed by atoms with Crippen molar-refractivity contribution < 1.29 is 4.79 Å². The Labute approximate surface area is 197 Å². The molecular formula is C25H23ClN6O. The molecule has 8 heteroatoms. The minimum atomic E-state index is -0.250. The molecule has 5 rings (SSSR count). The van der Waals surface area contributed by atoms with Gasteiger partial charge in [-0.15, -0.1) is 10.2 Å². The molecule has 7 nitrogen and oxygen atoms in total. The lowest BCUT2D eigenvalue weighted by atomic mass is 10.1. The summed E-state index contributed by atoms with van der Waals surface area (Å²) in [7, 11) is 0. The van der Waals surface area contributed by atoms with E-state index in [0.717, 1.165) is 59.0 Å². The van der Waals surface area contributed by atoms with Crippen LogP contribution in [0.2, 0.25) is 5.02 Å². The summed E-state index contributed by atoms with van der Waals surface area (Å²) in [6.45, 7) is 3.69. The molecular weight excluding hydrogens is 436 g/mol. The van der Waals surface area contributed by atoms with E-state index in [1.54, 1.807) is 12.4 Å². The number of pyridine rings is 1. The molecule has 0 radical (unpaired) electrons. The molecule has 1 saturated heterocycles. The number of nitrogens with one attached hydrogen (secondary N) is 1. The average Bonchev–Trinajstić information content (AvgIpc) is 2.87. The van der Waals surface area contributed by atoms with Crippen molar-refractivity contribution in [1.29, 1.82) is 0 Å². The molecule has 33 heavy (non-hydrogen) atoms. The number of aromatic nitrogens is 3. The zero-order chi connectivity index (χ0) is 22.6. The summed E-state index contributed by atoms with van der Waals surface area (Å²) in [5, 5.41) is 14.2. The zero-order valence-electron chi connectivity index (χ0n) is 18.0. The maximum absolute atomic E-state index is 12.9. The van der Waals surface area contributed by atoms with E-state index < -0.39 is 0 Å². The number of amides is 1. The number of halogens is 1. The first kappa shape index (κ1) is 21.2. The number of anilines is 2. The molecule has 2 aromatic heterocycles. The van der Waals surface area contributed by atoms with Crippen molar-refractivity contribution in [3.05, 3.63) is 89.3 Å². The Balaban J connectivity index is 1.34. The van der Waals surface area contributed by atoms with Gasteiger partial charge in [0.25, 0.3) is 5.91 Å². The van der Waals surface area contributed by atoms with Crippen LogP contribution in [0.15, 0.2) is 73.1 Å². The van der Waals surface area contributed by atoms with Crippen LogP contribution in [0, 0.1) is 0 Å². The highest BCUT2D eigenvalue weighted by Gasteiger charge is 2.23. The molecule has 1 aliphatic heterocycles. The monoisotopic (exact) mass is 458 g/mol. The summed E-state index contributed by atoms with van der Waals surface area (Å²) < 4.78 is 0. The lowest BCUT2D eigenvalue weighted by Gasteiger charge is -2.37. The third-order valence-corrected chi connectivity index (χ3v) is 6.05. The Kier molecular flexibility index (Phi) is 6.04. The van der Waals surface area contributed by atoms with Crippen LogP contribution < -0.4 is 15.1 Å². The van der Waals surface area contributed by atoms with E-state index in [9.17, 15) is 4.79 Å². The summed E-state index contributed by atoms with van der Waals surface area (Å²) in [4.78, 5) is 21.5. The van der Waals surface area contributed by atoms with E-state index in [1.807, 2.05) is 54.6 Å². The predicted octanol–water partition coefficient (Wildman–Crippen LogP) is 3.93. The van der Waals surface area contributed by atoms with Crippen LogP contribution in [0.5, 0.6) is 0 Å². The first-order valence-corrected chi connectivity index (χ1v) is 11.2. The molecule has 1 aliphatic rings. The number of piperazine rings is 1. The third kappa shape index (κ3) is 4.59. The molecule has 0 unspecified atom stereocenters. The standard InChI is InChI=1S/C25H23ClN6O/c26-19-6-3-7-20(15-19)31-11-13-32(14-12-31)24-22-9-2-1-8-21(22)23(29-30-24)25(33)28-17-18-5-4-10-27-16-18/h1-10,15-16H,11-14,17H2,(H,28,33). The van der Waals surface area contributed by atoms with Gasteiger partial charge in [-0.1, -0.05) is 48.0 Å². The molecule has 3 heterocycles. The predicted molar refractivity (Wildman–Crippen MR) is 131 cm³/mol. The van der Waals surface area contributed by atoms with E-state index in [1.165, 1.54) is 0 Å². The van der Waals surface area contributed by atoms with Crippen LogP contribution in [-0.4, -0.2) is 47.3 Å². The third-order valence-electron chi connectivity index (χ3n) is 5.81. The van der Waals surface area contributed by atoms with Gasteiger partial charge >= 0.3 is 0 Å². The molecule has 4 aromatic rings. The fourth-order valence-corrected chi connectivity index (χ4v) is 4.29. The second kappa shape index (κ2) is 9.42. The molecule has 1 amide bonds. The number of fused-ring (bicyclic) bond motifs is 1. The van der Waals surface area contributed by atoms with Crippen LogP contribution in [0.1, 0.15) is 16.1 Å². The number of carbonyl (C=O) groups is 1. The molecule has 0 atom stereocenters. The fraction of sp³-hybridized carbons (Fsp3) is 0.200. The Bertz CT molecular complexity index is 1270. The first-order valence-electron chi connectivity index (χ1n) is 10.9. The summed E-state index contributed by atoms with van der Waals surface area (Å²) in [6.07, 6.45) is 3.44. The van der Waals surface area contributed by atoms with Gasteiger partial charge < -0.3 is 15.1 Å². The van der Waals surface area contributed by atoms with E-state index >= 15 is 0 Å². The lowest BCUT2D eigenvalue weighted by Crippen LogP contribution is -2.47. The van der Waals surface area contributed by atoms with Gasteiger partial charge in [0.2, 0.25) is 0 Å². The molecule has 0 saturated carbocycles. The first-order chi connectivity index (χ1) is 16.2. The largest absolute Gasteiger partial charge is 0.368 e. The van der Waals surface area contributed by atoms with Crippen molar-refractivity contribution in [1.82, 2.24) is 20.5 Å². The minimum absolute atomic E-state index is 0.250. The van der Waals surface area contributed by atoms with Gasteiger partial charge in [0.05, 0.1) is 0 Å². The smallest absolute Gasteiger partial charge is 0.272 e. The average molecular weight is 459 g/mol. The van der Waals surface area contributed by atoms with Gasteiger partial charge in [-0.3, -0.25) is 9.78 Å². The minimum Gasteiger partial charge on any atom is -0.368 e. The van der Waals surface area contributed by atoms with Gasteiger partial charge in [0.1, 0.15) is 0 Å². The van der Waals surface area contributed by atoms with Crippen LogP contribution in [-0.2, 0) is 6.54 Å². The van der Waals surface area contributed by atoms with Gasteiger partial charge in [0.15, 0.2) is 11.5 Å². The Hall–Kier alpha value is -3.71. The molecule has 1 N–H and O–H groups in total. The van der Waals surface area contributed by atoms with Gasteiger partial charge in [-0.2, -0.15) is 0 Å². The van der Waals surface area contributed by atoms with Crippen LogP contribution in [0.4, 0.5) is 11.5 Å². The number of carbonyl (C=O) groups excluding carboxylic acids is 1. The normalized spacial score (nSPS) is 13.8. The van der Waals surface area contributed by atoms with Crippen LogP contribution >= 0.6 is 11.6 Å². The lowest BCUT2D eigenvalue weighted by molar-refractivity contribution is 0.0947. The topological polar surface area (TPSA) is 74.2 Å². The summed E-state index contributed by atoms with van der Waals surface area (Å²) in [5.41, 5.74) is 2.38. The number of rotatable bonds is 5. The van der Waals surface area contributed by atoms with E-state index in [4.69, 9.17) is 11.6 Å². The molecule has 1 fully saturated rings. The SMILES string of the molecule is O=C(NCc1cccnc1)c1nnc(N2CCN(c3cccc(Cl)c3)CC2)c2ccccc12. The second-order valence-corrected chi connectivity index (χ2v) is 8.35. The van der Waals surface area contributed by atoms with E-state index in [2.05, 4.69) is 36.4 Å². The maximum Gasteiger partial charge on any atom is 0.272 e. The highest BCUT2D eigenvalue weighted by Crippen LogP contribution is 2.28. The Morgan fingerprint density at radius 3 is 2.45 bits per heavy atom. The highest BCUT2D eigenvalue weighted by atomic mass is 35.5. The van der Waals surface area contributed by atoms with Crippen molar-refractivity contribution in [3.8, 4) is 0 Å². The summed E-state index contributed by atoms with van der Waals surface area (Å²) >= 11 is 6.16. The molecule has 166 valence electrons. The fourth-order valence-electron chi connectivity index (χ4n) is 4.11. The quantitative estimate of drug-likeness (QED) is 0.488. The zero-order valence-corrected chi connectivity index (χ0v) is 18.7. The molecule has 0 aliphatic carbocycles. The van der Waals surface area contributed by atoms with Crippen LogP contribution in [0.25, 0.3) is 10.8 Å². The van der Waals surface area contributed by atoms with Gasteiger partial charge in [-0.25, -0.2) is 0 Å². The van der Waals surface area contributed by atoms with Gasteiger partial charge in [0, 0.05) is 66.6 Å². The van der Waals surface area contributed by atoms with Crippen molar-refractivity contribution in [2.24, 2.45) is 0 Å². The van der Waals surface area contributed by atoms with E-state index in [-0.39, 0.29) is 5.91 Å². The van der Waals surface area contributed by atoms with E-state index in [0.29, 0.717) is 12.2 Å². The van der Waals surface area contributed by atoms with Crippen molar-refractivity contribution in [2.45, 2.75) is 6.54 Å². The van der Waals surface area contributed by atoms with Crippen LogP contribution in [0.3, 0.4) is 0 Å². The number of nitrogens with zero attached hydrogens (tertiary/aromatic N) is 5. The molecule has 0 spiro atoms. The maximum atomic E-state index is 12.9. The second-order valence-electron chi connectivity index (χ2n) is 7.92. The molecule has 2 aromatic carbocycles.